The fraction of sp³-hybridized carbons (Fsp3) is 0.444. The first-order chi connectivity index (χ1) is 12.7. The van der Waals surface area contributed by atoms with Crippen LogP contribution in [-0.2, 0) is 24.2 Å². The third-order valence-electron chi connectivity index (χ3n) is 4.29. The molecule has 8 heteroatoms. The van der Waals surface area contributed by atoms with Gasteiger partial charge in [-0.25, -0.2) is 14.8 Å². The molecule has 7 nitrogen and oxygen atoms in total. The number of thiophene rings is 1. The second-order valence-corrected chi connectivity index (χ2v) is 7.16. The van der Waals surface area contributed by atoms with Crippen molar-refractivity contribution in [1.29, 1.82) is 0 Å². The van der Waals surface area contributed by atoms with Gasteiger partial charge in [0.2, 0.25) is 5.91 Å². The van der Waals surface area contributed by atoms with Crippen molar-refractivity contribution in [1.82, 2.24) is 20.2 Å². The van der Waals surface area contributed by atoms with Gasteiger partial charge < -0.3 is 15.5 Å². The Morgan fingerprint density at radius 2 is 2.12 bits per heavy atom. The molecule has 3 amide bonds. The van der Waals surface area contributed by atoms with Gasteiger partial charge in [0.15, 0.2) is 0 Å². The van der Waals surface area contributed by atoms with Gasteiger partial charge in [-0.2, -0.15) is 0 Å². The Morgan fingerprint density at radius 1 is 1.31 bits per heavy atom. The Morgan fingerprint density at radius 3 is 2.88 bits per heavy atom. The zero-order valence-corrected chi connectivity index (χ0v) is 15.6. The molecular weight excluding hydrogens is 350 g/mol. The summed E-state index contributed by atoms with van der Waals surface area (Å²) in [5.41, 5.74) is 1.82. The molecule has 0 atom stereocenters. The molecule has 0 aromatic carbocycles. The minimum Gasteiger partial charge on any atom is -0.338 e. The molecule has 26 heavy (non-hydrogen) atoms. The molecule has 0 unspecified atom stereocenters. The number of anilines is 1. The highest BCUT2D eigenvalue weighted by atomic mass is 32.1. The van der Waals surface area contributed by atoms with Crippen LogP contribution in [0.15, 0.2) is 23.8 Å². The van der Waals surface area contributed by atoms with Crippen molar-refractivity contribution in [3.63, 3.8) is 0 Å². The molecule has 0 saturated heterocycles. The maximum atomic E-state index is 12.3. The SMILES string of the molecule is CCc1ncc(NC(=O)NCCCC(=O)N2CCc3sccc3C2)cn1. The van der Waals surface area contributed by atoms with Crippen LogP contribution < -0.4 is 10.6 Å². The van der Waals surface area contributed by atoms with Gasteiger partial charge in [-0.05, 0) is 29.9 Å². The predicted molar refractivity (Wildman–Crippen MR) is 101 cm³/mol. The second-order valence-electron chi connectivity index (χ2n) is 6.16. The lowest BCUT2D eigenvalue weighted by atomic mass is 10.1. The van der Waals surface area contributed by atoms with Crippen molar-refractivity contribution in [2.45, 2.75) is 39.2 Å². The fourth-order valence-corrected chi connectivity index (χ4v) is 3.73. The van der Waals surface area contributed by atoms with Gasteiger partial charge in [0, 0.05) is 37.4 Å². The van der Waals surface area contributed by atoms with Crippen LogP contribution in [0.5, 0.6) is 0 Å². The van der Waals surface area contributed by atoms with E-state index in [0.29, 0.717) is 31.6 Å². The molecule has 0 spiro atoms. The Hall–Kier alpha value is -2.48. The predicted octanol–water partition coefficient (Wildman–Crippen LogP) is 2.59. The first-order valence-electron chi connectivity index (χ1n) is 8.84. The third kappa shape index (κ3) is 4.78. The topological polar surface area (TPSA) is 87.2 Å². The van der Waals surface area contributed by atoms with Crippen LogP contribution in [0.25, 0.3) is 0 Å². The molecule has 1 aliphatic rings. The lowest BCUT2D eigenvalue weighted by molar-refractivity contribution is -0.132. The molecule has 2 aromatic heterocycles. The second kappa shape index (κ2) is 8.75. The smallest absolute Gasteiger partial charge is 0.319 e. The number of rotatable bonds is 6. The average Bonchev–Trinajstić information content (AvgIpc) is 3.13. The van der Waals surface area contributed by atoms with Crippen LogP contribution in [0.4, 0.5) is 10.5 Å². The van der Waals surface area contributed by atoms with E-state index in [1.807, 2.05) is 11.8 Å². The number of aromatic nitrogens is 2. The molecule has 1 aliphatic heterocycles. The lowest BCUT2D eigenvalue weighted by Crippen LogP contribution is -2.36. The third-order valence-corrected chi connectivity index (χ3v) is 5.32. The highest BCUT2D eigenvalue weighted by molar-refractivity contribution is 7.10. The minimum atomic E-state index is -0.314. The summed E-state index contributed by atoms with van der Waals surface area (Å²) in [7, 11) is 0. The van der Waals surface area contributed by atoms with Crippen LogP contribution in [0.2, 0.25) is 0 Å². The lowest BCUT2D eigenvalue weighted by Gasteiger charge is -2.27. The largest absolute Gasteiger partial charge is 0.338 e. The highest BCUT2D eigenvalue weighted by Gasteiger charge is 2.20. The van der Waals surface area contributed by atoms with Crippen LogP contribution >= 0.6 is 11.3 Å². The number of nitrogens with one attached hydrogen (secondary N) is 2. The number of fused-ring (bicyclic) bond motifs is 1. The molecule has 3 heterocycles. The van der Waals surface area contributed by atoms with E-state index in [9.17, 15) is 9.59 Å². The Bertz CT molecular complexity index is 759. The maximum Gasteiger partial charge on any atom is 0.319 e. The van der Waals surface area contributed by atoms with Crippen LogP contribution in [0.3, 0.4) is 0 Å². The van der Waals surface area contributed by atoms with Crippen LogP contribution in [0.1, 0.15) is 36.0 Å². The average molecular weight is 373 g/mol. The summed E-state index contributed by atoms with van der Waals surface area (Å²) in [4.78, 5) is 35.7. The fourth-order valence-electron chi connectivity index (χ4n) is 2.84. The minimum absolute atomic E-state index is 0.146. The molecular formula is C18H23N5O2S. The van der Waals surface area contributed by atoms with E-state index >= 15 is 0 Å². The van der Waals surface area contributed by atoms with Crippen molar-refractivity contribution >= 4 is 29.0 Å². The monoisotopic (exact) mass is 373 g/mol. The Balaban J connectivity index is 1.34. The summed E-state index contributed by atoms with van der Waals surface area (Å²) in [6, 6.07) is 1.79. The molecule has 0 bridgehead atoms. The number of nitrogens with zero attached hydrogens (tertiary/aromatic N) is 3. The summed E-state index contributed by atoms with van der Waals surface area (Å²) < 4.78 is 0. The van der Waals surface area contributed by atoms with Gasteiger partial charge in [-0.15, -0.1) is 11.3 Å². The summed E-state index contributed by atoms with van der Waals surface area (Å²) in [6.45, 7) is 3.91. The Labute approximate surface area is 156 Å². The molecule has 138 valence electrons. The zero-order chi connectivity index (χ0) is 18.4. The Kier molecular flexibility index (Phi) is 6.17. The van der Waals surface area contributed by atoms with E-state index in [0.717, 1.165) is 25.2 Å². The van der Waals surface area contributed by atoms with Crippen LogP contribution in [-0.4, -0.2) is 39.9 Å². The van der Waals surface area contributed by atoms with Crippen molar-refractivity contribution < 1.29 is 9.59 Å². The van der Waals surface area contributed by atoms with Gasteiger partial charge >= 0.3 is 6.03 Å². The summed E-state index contributed by atoms with van der Waals surface area (Å²) in [5, 5.41) is 7.52. The number of amides is 3. The van der Waals surface area contributed by atoms with E-state index < -0.39 is 0 Å². The van der Waals surface area contributed by atoms with Gasteiger partial charge in [0.25, 0.3) is 0 Å². The number of hydrogen-bond donors (Lipinski definition) is 2. The van der Waals surface area contributed by atoms with Crippen molar-refractivity contribution in [3.05, 3.63) is 40.1 Å². The molecule has 2 N–H and O–H groups in total. The van der Waals surface area contributed by atoms with E-state index in [2.05, 4.69) is 32.0 Å². The highest BCUT2D eigenvalue weighted by Crippen LogP contribution is 2.24. The summed E-state index contributed by atoms with van der Waals surface area (Å²) >= 11 is 1.77. The van der Waals surface area contributed by atoms with E-state index in [4.69, 9.17) is 0 Å². The number of urea groups is 1. The molecule has 3 rings (SSSR count). The maximum absolute atomic E-state index is 12.3. The van der Waals surface area contributed by atoms with E-state index in [-0.39, 0.29) is 11.9 Å². The number of aryl methyl sites for hydroxylation is 1. The van der Waals surface area contributed by atoms with Gasteiger partial charge in [0.05, 0.1) is 18.1 Å². The van der Waals surface area contributed by atoms with Gasteiger partial charge in [-0.3, -0.25) is 4.79 Å². The van der Waals surface area contributed by atoms with Crippen molar-refractivity contribution in [2.24, 2.45) is 0 Å². The molecule has 0 fully saturated rings. The normalized spacial score (nSPS) is 13.2. The molecule has 2 aromatic rings. The number of hydrogen-bond acceptors (Lipinski definition) is 5. The standard InChI is InChI=1S/C18H23N5O2S/c1-2-16-20-10-14(11-21-16)22-18(25)19-7-3-4-17(24)23-8-5-15-13(12-23)6-9-26-15/h6,9-11H,2-5,7-8,12H2,1H3,(H2,19,22,25). The molecule has 0 aliphatic carbocycles. The first-order valence-corrected chi connectivity index (χ1v) is 9.72. The van der Waals surface area contributed by atoms with E-state index in [1.54, 1.807) is 23.7 Å². The van der Waals surface area contributed by atoms with Crippen molar-refractivity contribution in [2.75, 3.05) is 18.4 Å². The summed E-state index contributed by atoms with van der Waals surface area (Å²) in [6.07, 6.45) is 5.93. The molecule has 0 saturated carbocycles. The zero-order valence-electron chi connectivity index (χ0n) is 14.8. The first kappa shape index (κ1) is 18.3. The van der Waals surface area contributed by atoms with Gasteiger partial charge in [-0.1, -0.05) is 6.92 Å². The van der Waals surface area contributed by atoms with Crippen LogP contribution in [0, 0.1) is 0 Å². The quantitative estimate of drug-likeness (QED) is 0.762. The summed E-state index contributed by atoms with van der Waals surface area (Å²) in [5.74, 6) is 0.884. The number of carbonyl (C=O) groups excluding carboxylic acids is 2. The van der Waals surface area contributed by atoms with E-state index in [1.165, 1.54) is 10.4 Å². The number of carbonyl (C=O) groups is 2. The van der Waals surface area contributed by atoms with Gasteiger partial charge in [0.1, 0.15) is 5.82 Å². The molecule has 0 radical (unpaired) electrons. The van der Waals surface area contributed by atoms with Crippen molar-refractivity contribution in [3.8, 4) is 0 Å².